The number of rotatable bonds is 1. The average Bonchev–Trinajstić information content (AvgIpc) is 1.94. The highest BCUT2D eigenvalue weighted by Gasteiger charge is 2.14. The van der Waals surface area contributed by atoms with E-state index in [0.717, 1.165) is 0 Å². The van der Waals surface area contributed by atoms with E-state index in [9.17, 15) is 0 Å². The quantitative estimate of drug-likeness (QED) is 0.675. The smallest absolute Gasteiger partial charge is 0.143 e. The summed E-state index contributed by atoms with van der Waals surface area (Å²) in [5, 5.41) is 0.850. The standard InChI is InChI=1S/C9H11Cl2NO/c1-9(2,3)13-7-4-8(11)12-5-6(7)10/h4-5H,1-3H3. The summed E-state index contributed by atoms with van der Waals surface area (Å²) in [7, 11) is 0. The van der Waals surface area contributed by atoms with Crippen LogP contribution in [0.4, 0.5) is 0 Å². The molecule has 0 radical (unpaired) electrons. The number of hydrogen-bond acceptors (Lipinski definition) is 2. The summed E-state index contributed by atoms with van der Waals surface area (Å²) in [4.78, 5) is 3.82. The van der Waals surface area contributed by atoms with Crippen LogP contribution in [-0.4, -0.2) is 10.6 Å². The first-order chi connectivity index (χ1) is 5.88. The fraction of sp³-hybridized carbons (Fsp3) is 0.444. The van der Waals surface area contributed by atoms with Gasteiger partial charge in [0.05, 0.1) is 6.20 Å². The molecule has 0 unspecified atom stereocenters. The minimum absolute atomic E-state index is 0.283. The fourth-order valence-corrected chi connectivity index (χ4v) is 1.09. The molecule has 0 saturated heterocycles. The Kier molecular flexibility index (Phi) is 3.04. The molecule has 0 aliphatic heterocycles. The van der Waals surface area contributed by atoms with Crippen LogP contribution in [0.2, 0.25) is 10.2 Å². The highest BCUT2D eigenvalue weighted by atomic mass is 35.5. The van der Waals surface area contributed by atoms with E-state index >= 15 is 0 Å². The van der Waals surface area contributed by atoms with Crippen LogP contribution in [0, 0.1) is 0 Å². The number of aromatic nitrogens is 1. The lowest BCUT2D eigenvalue weighted by molar-refractivity contribution is 0.131. The van der Waals surface area contributed by atoms with Crippen molar-refractivity contribution < 1.29 is 4.74 Å². The lowest BCUT2D eigenvalue weighted by Crippen LogP contribution is -2.23. The molecule has 0 saturated carbocycles. The molecule has 13 heavy (non-hydrogen) atoms. The molecule has 0 fully saturated rings. The molecule has 4 heteroatoms. The van der Waals surface area contributed by atoms with Gasteiger partial charge in [0.2, 0.25) is 0 Å². The molecule has 1 aromatic rings. The van der Waals surface area contributed by atoms with Crippen molar-refractivity contribution in [2.75, 3.05) is 0 Å². The third-order valence-corrected chi connectivity index (χ3v) is 1.69. The van der Waals surface area contributed by atoms with Crippen molar-refractivity contribution in [3.05, 3.63) is 22.4 Å². The second kappa shape index (κ2) is 3.72. The third-order valence-electron chi connectivity index (χ3n) is 1.20. The molecular weight excluding hydrogens is 209 g/mol. The van der Waals surface area contributed by atoms with Crippen molar-refractivity contribution in [1.82, 2.24) is 4.98 Å². The highest BCUT2D eigenvalue weighted by molar-refractivity contribution is 6.33. The molecule has 1 rings (SSSR count). The Balaban J connectivity index is 2.94. The number of nitrogens with zero attached hydrogens (tertiary/aromatic N) is 1. The van der Waals surface area contributed by atoms with Gasteiger partial charge in [-0.15, -0.1) is 0 Å². The monoisotopic (exact) mass is 219 g/mol. The molecule has 72 valence electrons. The van der Waals surface area contributed by atoms with Crippen LogP contribution >= 0.6 is 23.2 Å². The Morgan fingerprint density at radius 3 is 2.46 bits per heavy atom. The van der Waals surface area contributed by atoms with Crippen LogP contribution in [0.5, 0.6) is 5.75 Å². The molecule has 0 atom stereocenters. The molecule has 1 aromatic heterocycles. The average molecular weight is 220 g/mol. The van der Waals surface area contributed by atoms with Crippen LogP contribution in [-0.2, 0) is 0 Å². The van der Waals surface area contributed by atoms with Gasteiger partial charge in [-0.3, -0.25) is 0 Å². The normalized spacial score (nSPS) is 11.5. The van der Waals surface area contributed by atoms with Gasteiger partial charge < -0.3 is 4.74 Å². The number of halogens is 2. The predicted molar refractivity (Wildman–Crippen MR) is 54.6 cm³/mol. The summed E-state index contributed by atoms with van der Waals surface area (Å²) in [6.45, 7) is 5.83. The second-order valence-electron chi connectivity index (χ2n) is 3.65. The number of ether oxygens (including phenoxy) is 1. The van der Waals surface area contributed by atoms with E-state index in [0.29, 0.717) is 15.9 Å². The molecule has 0 bridgehead atoms. The lowest BCUT2D eigenvalue weighted by Gasteiger charge is -2.21. The van der Waals surface area contributed by atoms with Crippen LogP contribution < -0.4 is 4.74 Å². The minimum atomic E-state index is -0.283. The second-order valence-corrected chi connectivity index (χ2v) is 4.45. The van der Waals surface area contributed by atoms with Crippen LogP contribution in [0.25, 0.3) is 0 Å². The van der Waals surface area contributed by atoms with Crippen molar-refractivity contribution >= 4 is 23.2 Å². The summed E-state index contributed by atoms with van der Waals surface area (Å²) in [6.07, 6.45) is 1.48. The van der Waals surface area contributed by atoms with E-state index in [-0.39, 0.29) is 5.60 Å². The summed E-state index contributed by atoms with van der Waals surface area (Å²) in [5.41, 5.74) is -0.283. The highest BCUT2D eigenvalue weighted by Crippen LogP contribution is 2.28. The summed E-state index contributed by atoms with van der Waals surface area (Å²) in [5.74, 6) is 0.564. The molecule has 2 nitrogen and oxygen atoms in total. The molecular formula is C9H11Cl2NO. The van der Waals surface area contributed by atoms with Gasteiger partial charge in [-0.1, -0.05) is 23.2 Å². The van der Waals surface area contributed by atoms with E-state index in [4.69, 9.17) is 27.9 Å². The molecule has 0 aliphatic carbocycles. The van der Waals surface area contributed by atoms with E-state index in [1.54, 1.807) is 6.07 Å². The first-order valence-corrected chi connectivity index (χ1v) is 4.64. The zero-order valence-electron chi connectivity index (χ0n) is 7.77. The zero-order chi connectivity index (χ0) is 10.1. The predicted octanol–water partition coefficient (Wildman–Crippen LogP) is 3.57. The Morgan fingerprint density at radius 1 is 1.31 bits per heavy atom. The maximum Gasteiger partial charge on any atom is 0.143 e. The molecule has 1 heterocycles. The van der Waals surface area contributed by atoms with Crippen molar-refractivity contribution in [3.63, 3.8) is 0 Å². The number of pyridine rings is 1. The SMILES string of the molecule is CC(C)(C)Oc1cc(Cl)ncc1Cl. The number of hydrogen-bond donors (Lipinski definition) is 0. The van der Waals surface area contributed by atoms with Crippen LogP contribution in [0.15, 0.2) is 12.3 Å². The van der Waals surface area contributed by atoms with Gasteiger partial charge in [0, 0.05) is 6.07 Å². The van der Waals surface area contributed by atoms with Gasteiger partial charge in [-0.25, -0.2) is 4.98 Å². The maximum absolute atomic E-state index is 5.86. The summed E-state index contributed by atoms with van der Waals surface area (Å²) < 4.78 is 5.56. The Hall–Kier alpha value is -0.470. The summed E-state index contributed by atoms with van der Waals surface area (Å²) >= 11 is 11.6. The van der Waals surface area contributed by atoms with Gasteiger partial charge in [-0.2, -0.15) is 0 Å². The van der Waals surface area contributed by atoms with Gasteiger partial charge in [-0.05, 0) is 20.8 Å². The van der Waals surface area contributed by atoms with Gasteiger partial charge in [0.1, 0.15) is 21.5 Å². The van der Waals surface area contributed by atoms with E-state index in [1.807, 2.05) is 20.8 Å². The summed E-state index contributed by atoms with van der Waals surface area (Å²) in [6, 6.07) is 1.61. The minimum Gasteiger partial charge on any atom is -0.486 e. The van der Waals surface area contributed by atoms with E-state index in [2.05, 4.69) is 4.98 Å². The topological polar surface area (TPSA) is 22.1 Å². The maximum atomic E-state index is 5.86. The molecule has 0 aromatic carbocycles. The van der Waals surface area contributed by atoms with Gasteiger partial charge >= 0.3 is 0 Å². The fourth-order valence-electron chi connectivity index (χ4n) is 0.804. The molecule has 0 spiro atoms. The Bertz CT molecular complexity index is 307. The van der Waals surface area contributed by atoms with Crippen LogP contribution in [0.1, 0.15) is 20.8 Å². The van der Waals surface area contributed by atoms with Crippen molar-refractivity contribution in [1.29, 1.82) is 0 Å². The molecule has 0 aliphatic rings. The van der Waals surface area contributed by atoms with Crippen molar-refractivity contribution in [3.8, 4) is 5.75 Å². The van der Waals surface area contributed by atoms with Gasteiger partial charge in [0.25, 0.3) is 0 Å². The Morgan fingerprint density at radius 2 is 1.92 bits per heavy atom. The first kappa shape index (κ1) is 10.6. The molecule has 0 amide bonds. The van der Waals surface area contributed by atoms with Crippen molar-refractivity contribution in [2.24, 2.45) is 0 Å². The van der Waals surface area contributed by atoms with Gasteiger partial charge in [0.15, 0.2) is 0 Å². The first-order valence-electron chi connectivity index (χ1n) is 3.88. The van der Waals surface area contributed by atoms with Crippen molar-refractivity contribution in [2.45, 2.75) is 26.4 Å². The zero-order valence-corrected chi connectivity index (χ0v) is 9.28. The van der Waals surface area contributed by atoms with E-state index < -0.39 is 0 Å². The molecule has 0 N–H and O–H groups in total. The third kappa shape index (κ3) is 3.41. The lowest BCUT2D eigenvalue weighted by atomic mass is 10.2. The largest absolute Gasteiger partial charge is 0.486 e. The van der Waals surface area contributed by atoms with E-state index in [1.165, 1.54) is 6.20 Å². The Labute approximate surface area is 87.8 Å². The van der Waals surface area contributed by atoms with Crippen LogP contribution in [0.3, 0.4) is 0 Å².